The number of hydrogen-bond acceptors (Lipinski definition) is 4. The largest absolute Gasteiger partial charge is 0.496 e. The molecule has 0 bridgehead atoms. The van der Waals surface area contributed by atoms with E-state index in [1.165, 1.54) is 5.56 Å². The summed E-state index contributed by atoms with van der Waals surface area (Å²) in [6.07, 6.45) is 2.43. The fourth-order valence-electron chi connectivity index (χ4n) is 3.48. The molecule has 30 heavy (non-hydrogen) atoms. The molecule has 0 spiro atoms. The van der Waals surface area contributed by atoms with Crippen molar-refractivity contribution in [3.05, 3.63) is 87.9 Å². The van der Waals surface area contributed by atoms with Gasteiger partial charge in [0.2, 0.25) is 10.0 Å². The molecule has 1 aliphatic rings. The van der Waals surface area contributed by atoms with Crippen LogP contribution in [0.2, 0.25) is 0 Å². The van der Waals surface area contributed by atoms with Gasteiger partial charge in [-0.15, -0.1) is 0 Å². The van der Waals surface area contributed by atoms with Crippen LogP contribution < -0.4 is 4.74 Å². The van der Waals surface area contributed by atoms with Gasteiger partial charge in [0.1, 0.15) is 5.75 Å². The highest BCUT2D eigenvalue weighted by Crippen LogP contribution is 2.27. The first kappa shape index (κ1) is 20.8. The van der Waals surface area contributed by atoms with Gasteiger partial charge < -0.3 is 4.74 Å². The van der Waals surface area contributed by atoms with Gasteiger partial charge in [0.15, 0.2) is 0 Å². The highest BCUT2D eigenvalue weighted by Gasteiger charge is 2.28. The average molecular weight is 485 g/mol. The molecule has 1 heterocycles. The van der Waals surface area contributed by atoms with Crippen LogP contribution in [0, 0.1) is 0 Å². The molecule has 0 unspecified atom stereocenters. The van der Waals surface area contributed by atoms with Crippen LogP contribution in [-0.4, -0.2) is 32.6 Å². The van der Waals surface area contributed by atoms with Gasteiger partial charge in [-0.05, 0) is 60.0 Å². The predicted molar refractivity (Wildman–Crippen MR) is 122 cm³/mol. The van der Waals surface area contributed by atoms with E-state index in [0.29, 0.717) is 24.5 Å². The summed E-state index contributed by atoms with van der Waals surface area (Å²) in [7, 11) is -1.94. The molecule has 3 aromatic carbocycles. The van der Waals surface area contributed by atoms with Crippen molar-refractivity contribution in [2.24, 2.45) is 4.99 Å². The minimum absolute atomic E-state index is 0.279. The fourth-order valence-corrected chi connectivity index (χ4v) is 5.28. The van der Waals surface area contributed by atoms with Crippen LogP contribution in [0.4, 0.5) is 5.69 Å². The van der Waals surface area contributed by atoms with E-state index in [2.05, 4.69) is 27.0 Å². The first-order valence-electron chi connectivity index (χ1n) is 9.52. The number of rotatable bonds is 5. The summed E-state index contributed by atoms with van der Waals surface area (Å²) in [6.45, 7) is 0.892. The molecule has 154 valence electrons. The molecule has 0 saturated carbocycles. The molecule has 0 saturated heterocycles. The molecule has 7 heteroatoms. The van der Waals surface area contributed by atoms with Crippen LogP contribution in [-0.2, 0) is 23.0 Å². The van der Waals surface area contributed by atoms with Crippen LogP contribution in [0.3, 0.4) is 0 Å². The lowest BCUT2D eigenvalue weighted by Gasteiger charge is -2.28. The van der Waals surface area contributed by atoms with Gasteiger partial charge in [-0.2, -0.15) is 4.31 Å². The first-order chi connectivity index (χ1) is 14.5. The predicted octanol–water partition coefficient (Wildman–Crippen LogP) is 4.96. The molecule has 4 rings (SSSR count). The molecular weight excluding hydrogens is 464 g/mol. The Labute approximate surface area is 185 Å². The minimum atomic E-state index is -3.55. The molecule has 0 amide bonds. The van der Waals surface area contributed by atoms with Crippen molar-refractivity contribution in [2.75, 3.05) is 13.7 Å². The normalized spacial score (nSPS) is 14.6. The second kappa shape index (κ2) is 8.71. The molecule has 1 aliphatic heterocycles. The number of aliphatic imine (C=N–C) groups is 1. The van der Waals surface area contributed by atoms with E-state index in [1.54, 1.807) is 41.9 Å². The van der Waals surface area contributed by atoms with E-state index < -0.39 is 10.0 Å². The number of hydrogen-bond donors (Lipinski definition) is 0. The molecule has 0 fully saturated rings. The standard InChI is InChI=1S/C23H21BrN2O3S/c1-29-23-11-6-20(24)14-19(23)15-25-21-7-9-22(10-8-21)30(27,28)26-13-12-17-4-2-3-5-18(17)16-26/h2-11,14-15H,12-13,16H2,1H3. The summed E-state index contributed by atoms with van der Waals surface area (Å²) >= 11 is 3.44. The second-order valence-corrected chi connectivity index (χ2v) is 9.85. The summed E-state index contributed by atoms with van der Waals surface area (Å²) in [5.74, 6) is 0.714. The van der Waals surface area contributed by atoms with Gasteiger partial charge in [0.05, 0.1) is 17.7 Å². The zero-order valence-electron chi connectivity index (χ0n) is 16.5. The van der Waals surface area contributed by atoms with E-state index in [9.17, 15) is 8.42 Å². The number of fused-ring (bicyclic) bond motifs is 1. The molecule has 0 atom stereocenters. The number of sulfonamides is 1. The van der Waals surface area contributed by atoms with Gasteiger partial charge in [-0.3, -0.25) is 4.99 Å². The molecular formula is C23H21BrN2O3S. The maximum atomic E-state index is 13.1. The Balaban J connectivity index is 1.53. The average Bonchev–Trinajstić information content (AvgIpc) is 2.77. The molecule has 0 aromatic heterocycles. The number of methoxy groups -OCH3 is 1. The van der Waals surface area contributed by atoms with E-state index in [1.807, 2.05) is 36.4 Å². The molecule has 0 N–H and O–H groups in total. The van der Waals surface area contributed by atoms with E-state index in [4.69, 9.17) is 4.74 Å². The third-order valence-electron chi connectivity index (χ3n) is 5.11. The van der Waals surface area contributed by atoms with Gasteiger partial charge >= 0.3 is 0 Å². The number of ether oxygens (including phenoxy) is 1. The van der Waals surface area contributed by atoms with Gasteiger partial charge in [-0.1, -0.05) is 40.2 Å². The quantitative estimate of drug-likeness (QED) is 0.481. The summed E-state index contributed by atoms with van der Waals surface area (Å²) in [4.78, 5) is 4.74. The molecule has 5 nitrogen and oxygen atoms in total. The Morgan fingerprint density at radius 1 is 1.03 bits per heavy atom. The summed E-state index contributed by atoms with van der Waals surface area (Å²) in [5, 5.41) is 0. The van der Waals surface area contributed by atoms with Gasteiger partial charge in [-0.25, -0.2) is 8.42 Å². The van der Waals surface area contributed by atoms with Gasteiger partial charge in [0.25, 0.3) is 0 Å². The minimum Gasteiger partial charge on any atom is -0.496 e. The third kappa shape index (κ3) is 4.33. The highest BCUT2D eigenvalue weighted by atomic mass is 79.9. The lowest BCUT2D eigenvalue weighted by molar-refractivity contribution is 0.391. The second-order valence-electron chi connectivity index (χ2n) is 7.00. The Morgan fingerprint density at radius 3 is 2.50 bits per heavy atom. The Kier molecular flexibility index (Phi) is 6.04. The lowest BCUT2D eigenvalue weighted by Crippen LogP contribution is -2.35. The van der Waals surface area contributed by atoms with Crippen molar-refractivity contribution in [2.45, 2.75) is 17.9 Å². The van der Waals surface area contributed by atoms with Crippen LogP contribution >= 0.6 is 15.9 Å². The lowest BCUT2D eigenvalue weighted by atomic mass is 10.0. The maximum Gasteiger partial charge on any atom is 0.243 e. The fraction of sp³-hybridized carbons (Fsp3) is 0.174. The van der Waals surface area contributed by atoms with Crippen molar-refractivity contribution in [3.63, 3.8) is 0 Å². The van der Waals surface area contributed by atoms with Crippen molar-refractivity contribution in [1.82, 2.24) is 4.31 Å². The third-order valence-corrected chi connectivity index (χ3v) is 7.47. The van der Waals surface area contributed by atoms with E-state index >= 15 is 0 Å². The van der Waals surface area contributed by atoms with Crippen LogP contribution in [0.1, 0.15) is 16.7 Å². The zero-order valence-corrected chi connectivity index (χ0v) is 18.9. The van der Waals surface area contributed by atoms with Crippen LogP contribution in [0.15, 0.2) is 81.1 Å². The van der Waals surface area contributed by atoms with Crippen molar-refractivity contribution in [1.29, 1.82) is 0 Å². The SMILES string of the molecule is COc1ccc(Br)cc1C=Nc1ccc(S(=O)(=O)N2CCc3ccccc3C2)cc1. The van der Waals surface area contributed by atoms with Crippen LogP contribution in [0.5, 0.6) is 5.75 Å². The molecule has 0 aliphatic carbocycles. The van der Waals surface area contributed by atoms with Crippen molar-refractivity contribution < 1.29 is 13.2 Å². The summed E-state index contributed by atoms with van der Waals surface area (Å²) in [5.41, 5.74) is 3.78. The van der Waals surface area contributed by atoms with E-state index in [0.717, 1.165) is 22.0 Å². The van der Waals surface area contributed by atoms with E-state index in [-0.39, 0.29) is 4.90 Å². The number of benzene rings is 3. The van der Waals surface area contributed by atoms with Gasteiger partial charge in [0, 0.05) is 29.3 Å². The van der Waals surface area contributed by atoms with Crippen molar-refractivity contribution in [3.8, 4) is 5.75 Å². The molecule has 0 radical (unpaired) electrons. The topological polar surface area (TPSA) is 59.0 Å². The Bertz CT molecular complexity index is 1190. The number of halogens is 1. The Hall–Kier alpha value is -2.48. The zero-order chi connectivity index (χ0) is 21.1. The maximum absolute atomic E-state index is 13.1. The molecule has 3 aromatic rings. The summed E-state index contributed by atoms with van der Waals surface area (Å²) in [6, 6.07) is 20.3. The monoisotopic (exact) mass is 484 g/mol. The van der Waals surface area contributed by atoms with Crippen molar-refractivity contribution >= 4 is 37.9 Å². The first-order valence-corrected chi connectivity index (χ1v) is 11.8. The number of nitrogens with zero attached hydrogens (tertiary/aromatic N) is 2. The van der Waals surface area contributed by atoms with Crippen LogP contribution in [0.25, 0.3) is 0 Å². The highest BCUT2D eigenvalue weighted by molar-refractivity contribution is 9.10. The summed E-state index contributed by atoms with van der Waals surface area (Å²) < 4.78 is 34.0. The smallest absolute Gasteiger partial charge is 0.243 e. The Morgan fingerprint density at radius 2 is 1.77 bits per heavy atom.